The van der Waals surface area contributed by atoms with Crippen LogP contribution in [0.3, 0.4) is 0 Å². The molecule has 0 aromatic heterocycles. The lowest BCUT2D eigenvalue weighted by Gasteiger charge is -2.17. The Balaban J connectivity index is 2.25. The summed E-state index contributed by atoms with van der Waals surface area (Å²) >= 11 is 1.47. The number of carboxylic acid groups (broad SMARTS) is 1. The van der Waals surface area contributed by atoms with Gasteiger partial charge >= 0.3 is 5.97 Å². The average molecular weight is 199 g/mol. The first kappa shape index (κ1) is 8.62. The zero-order valence-electron chi connectivity index (χ0n) is 6.87. The number of carbonyl (C=O) groups is 2. The number of allylic oxidation sites excluding steroid dienone is 1. The molecule has 70 valence electrons. The molecular weight excluding hydrogens is 190 g/mol. The number of carbonyl (C=O) groups excluding carboxylic acids is 1. The zero-order chi connectivity index (χ0) is 9.42. The molecule has 0 aromatic carbocycles. The fraction of sp³-hybridized carbons (Fsp3) is 0.500. The molecule has 2 rings (SSSR count). The maximum absolute atomic E-state index is 11.0. The third kappa shape index (κ3) is 1.44. The predicted octanol–water partition coefficient (Wildman–Crippen LogP) is 0.556. The Bertz CT molecular complexity index is 311. The van der Waals surface area contributed by atoms with E-state index in [1.807, 2.05) is 0 Å². The Morgan fingerprint density at radius 2 is 2.38 bits per heavy atom. The van der Waals surface area contributed by atoms with Crippen LogP contribution in [0, 0.1) is 5.92 Å². The van der Waals surface area contributed by atoms with Gasteiger partial charge in [-0.3, -0.25) is 9.59 Å². The molecule has 0 bridgehead atoms. The summed E-state index contributed by atoms with van der Waals surface area (Å²) in [5.41, 5.74) is 0.633. The van der Waals surface area contributed by atoms with E-state index in [1.54, 1.807) is 0 Å². The van der Waals surface area contributed by atoms with E-state index >= 15 is 0 Å². The molecule has 1 heterocycles. The number of hydrogen-bond donors (Lipinski definition) is 2. The molecule has 0 radical (unpaired) electrons. The highest BCUT2D eigenvalue weighted by atomic mass is 32.2. The maximum atomic E-state index is 11.0. The van der Waals surface area contributed by atoms with E-state index in [9.17, 15) is 9.59 Å². The topological polar surface area (TPSA) is 66.4 Å². The highest BCUT2D eigenvalue weighted by Crippen LogP contribution is 2.39. The lowest BCUT2D eigenvalue weighted by atomic mass is 10.1. The molecule has 0 saturated carbocycles. The van der Waals surface area contributed by atoms with Crippen LogP contribution in [0.1, 0.15) is 12.8 Å². The van der Waals surface area contributed by atoms with Crippen molar-refractivity contribution in [3.63, 3.8) is 0 Å². The fourth-order valence-electron chi connectivity index (χ4n) is 1.64. The molecule has 0 spiro atoms. The van der Waals surface area contributed by atoms with Gasteiger partial charge in [0, 0.05) is 10.6 Å². The Labute approximate surface area is 79.4 Å². The molecule has 1 aliphatic carbocycles. The van der Waals surface area contributed by atoms with Crippen molar-refractivity contribution in [1.82, 2.24) is 5.32 Å². The van der Waals surface area contributed by atoms with Crippen molar-refractivity contribution in [3.8, 4) is 0 Å². The van der Waals surface area contributed by atoms with Crippen molar-refractivity contribution < 1.29 is 14.7 Å². The first-order chi connectivity index (χ1) is 6.18. The Hall–Kier alpha value is -0.970. The summed E-state index contributed by atoms with van der Waals surface area (Å²) in [4.78, 5) is 22.8. The third-order valence-electron chi connectivity index (χ3n) is 2.26. The molecular formula is C8H9NO3S. The largest absolute Gasteiger partial charge is 0.481 e. The zero-order valence-corrected chi connectivity index (χ0v) is 7.69. The minimum atomic E-state index is -0.840. The first-order valence-corrected chi connectivity index (χ1v) is 5.05. The summed E-state index contributed by atoms with van der Waals surface area (Å²) in [7, 11) is 0. The SMILES string of the molecule is O=C1CSC2=C(N1)C(C(=O)O)CC2. The third-order valence-corrected chi connectivity index (χ3v) is 3.44. The van der Waals surface area contributed by atoms with Gasteiger partial charge in [-0.05, 0) is 12.8 Å². The summed E-state index contributed by atoms with van der Waals surface area (Å²) in [5, 5.41) is 11.5. The Morgan fingerprint density at radius 1 is 1.62 bits per heavy atom. The van der Waals surface area contributed by atoms with Crippen LogP contribution in [-0.2, 0) is 9.59 Å². The number of rotatable bonds is 1. The van der Waals surface area contributed by atoms with Crippen LogP contribution >= 0.6 is 11.8 Å². The van der Waals surface area contributed by atoms with Gasteiger partial charge in [-0.2, -0.15) is 0 Å². The van der Waals surface area contributed by atoms with Crippen LogP contribution in [0.15, 0.2) is 10.6 Å². The van der Waals surface area contributed by atoms with Crippen molar-refractivity contribution in [1.29, 1.82) is 0 Å². The van der Waals surface area contributed by atoms with Gasteiger partial charge in [-0.15, -0.1) is 11.8 Å². The number of thioether (sulfide) groups is 1. The van der Waals surface area contributed by atoms with Crippen LogP contribution < -0.4 is 5.32 Å². The Kier molecular flexibility index (Phi) is 2.03. The smallest absolute Gasteiger partial charge is 0.312 e. The van der Waals surface area contributed by atoms with Gasteiger partial charge in [0.05, 0.1) is 11.7 Å². The van der Waals surface area contributed by atoms with Gasteiger partial charge in [0.2, 0.25) is 5.91 Å². The normalized spacial score (nSPS) is 27.1. The van der Waals surface area contributed by atoms with Gasteiger partial charge in [-0.1, -0.05) is 0 Å². The van der Waals surface area contributed by atoms with Gasteiger partial charge in [-0.25, -0.2) is 0 Å². The highest BCUT2D eigenvalue weighted by molar-refractivity contribution is 8.03. The molecule has 1 unspecified atom stereocenters. The minimum Gasteiger partial charge on any atom is -0.481 e. The molecule has 1 amide bonds. The molecule has 2 aliphatic rings. The second-order valence-electron chi connectivity index (χ2n) is 3.10. The lowest BCUT2D eigenvalue weighted by molar-refractivity contribution is -0.140. The van der Waals surface area contributed by atoms with E-state index in [0.717, 1.165) is 11.3 Å². The van der Waals surface area contributed by atoms with E-state index in [2.05, 4.69) is 5.32 Å². The van der Waals surface area contributed by atoms with Crippen molar-refractivity contribution >= 4 is 23.6 Å². The van der Waals surface area contributed by atoms with E-state index in [-0.39, 0.29) is 5.91 Å². The average Bonchev–Trinajstić information content (AvgIpc) is 2.46. The van der Waals surface area contributed by atoms with Crippen LogP contribution in [-0.4, -0.2) is 22.7 Å². The first-order valence-electron chi connectivity index (χ1n) is 4.07. The molecule has 0 aromatic rings. The van der Waals surface area contributed by atoms with Crippen LogP contribution in [0.5, 0.6) is 0 Å². The standard InChI is InChI=1S/C8H9NO3S/c10-6-3-13-5-2-1-4(8(11)12)7(5)9-6/h4H,1-3H2,(H,9,10)(H,11,12). The van der Waals surface area contributed by atoms with Gasteiger partial charge in [0.15, 0.2) is 0 Å². The summed E-state index contributed by atoms with van der Waals surface area (Å²) < 4.78 is 0. The van der Waals surface area contributed by atoms with Gasteiger partial charge < -0.3 is 10.4 Å². The summed E-state index contributed by atoms with van der Waals surface area (Å²) in [5.74, 6) is -0.998. The quantitative estimate of drug-likeness (QED) is 0.647. The number of nitrogens with one attached hydrogen (secondary N) is 1. The van der Waals surface area contributed by atoms with E-state index in [1.165, 1.54) is 11.8 Å². The van der Waals surface area contributed by atoms with Crippen LogP contribution in [0.25, 0.3) is 0 Å². The summed E-state index contributed by atoms with van der Waals surface area (Å²) in [6, 6.07) is 0. The lowest BCUT2D eigenvalue weighted by Crippen LogP contribution is -2.32. The number of amides is 1. The van der Waals surface area contributed by atoms with Crippen molar-refractivity contribution in [2.75, 3.05) is 5.75 Å². The predicted molar refractivity (Wildman–Crippen MR) is 48.0 cm³/mol. The van der Waals surface area contributed by atoms with Gasteiger partial charge in [0.25, 0.3) is 0 Å². The number of carboxylic acids is 1. The number of hydrogen-bond acceptors (Lipinski definition) is 3. The molecule has 13 heavy (non-hydrogen) atoms. The molecule has 4 nitrogen and oxygen atoms in total. The van der Waals surface area contributed by atoms with Crippen molar-refractivity contribution in [2.24, 2.45) is 5.92 Å². The monoisotopic (exact) mass is 199 g/mol. The molecule has 0 fully saturated rings. The maximum Gasteiger partial charge on any atom is 0.312 e. The second-order valence-corrected chi connectivity index (χ2v) is 4.17. The van der Waals surface area contributed by atoms with Crippen molar-refractivity contribution in [2.45, 2.75) is 12.8 Å². The van der Waals surface area contributed by atoms with Gasteiger partial charge in [0.1, 0.15) is 0 Å². The Morgan fingerprint density at radius 3 is 3.08 bits per heavy atom. The second kappa shape index (κ2) is 3.06. The molecule has 0 saturated heterocycles. The van der Waals surface area contributed by atoms with E-state index in [4.69, 9.17) is 5.11 Å². The van der Waals surface area contributed by atoms with E-state index in [0.29, 0.717) is 17.9 Å². The van der Waals surface area contributed by atoms with Crippen LogP contribution in [0.2, 0.25) is 0 Å². The summed E-state index contributed by atoms with van der Waals surface area (Å²) in [6.07, 6.45) is 1.41. The minimum absolute atomic E-state index is 0.0862. The molecule has 5 heteroatoms. The fourth-order valence-corrected chi connectivity index (χ4v) is 2.63. The molecule has 1 aliphatic heterocycles. The van der Waals surface area contributed by atoms with E-state index < -0.39 is 11.9 Å². The number of aliphatic carboxylic acids is 1. The van der Waals surface area contributed by atoms with Crippen LogP contribution in [0.4, 0.5) is 0 Å². The highest BCUT2D eigenvalue weighted by Gasteiger charge is 2.34. The molecule has 2 N–H and O–H groups in total. The summed E-state index contributed by atoms with van der Waals surface area (Å²) in [6.45, 7) is 0. The molecule has 1 atom stereocenters. The van der Waals surface area contributed by atoms with Crippen molar-refractivity contribution in [3.05, 3.63) is 10.6 Å².